The van der Waals surface area contributed by atoms with E-state index in [2.05, 4.69) is 22.9 Å². The molecule has 0 radical (unpaired) electrons. The van der Waals surface area contributed by atoms with Crippen molar-refractivity contribution in [2.45, 2.75) is 52.9 Å². The molecule has 0 bridgehead atoms. The van der Waals surface area contributed by atoms with Gasteiger partial charge in [0.05, 0.1) is 6.54 Å². The molecule has 1 aromatic carbocycles. The van der Waals surface area contributed by atoms with Gasteiger partial charge in [0.1, 0.15) is 0 Å². The first-order valence-corrected chi connectivity index (χ1v) is 10.6. The molecule has 0 saturated carbocycles. The largest absolute Gasteiger partial charge is 0.356 e. The van der Waals surface area contributed by atoms with Crippen LogP contribution < -0.4 is 16.0 Å². The van der Waals surface area contributed by atoms with Crippen LogP contribution in [0, 0.1) is 19.8 Å². The van der Waals surface area contributed by atoms with Gasteiger partial charge < -0.3 is 10.6 Å². The minimum absolute atomic E-state index is 0.0172. The van der Waals surface area contributed by atoms with Crippen molar-refractivity contribution in [2.75, 3.05) is 31.5 Å². The second-order valence-corrected chi connectivity index (χ2v) is 7.80. The Bertz CT molecular complexity index is 712. The molecule has 1 aliphatic rings. The summed E-state index contributed by atoms with van der Waals surface area (Å²) in [5.74, 6) is -0.197. The van der Waals surface area contributed by atoms with Crippen molar-refractivity contribution < 1.29 is 14.4 Å². The highest BCUT2D eigenvalue weighted by molar-refractivity contribution is 6.02. The van der Waals surface area contributed by atoms with Crippen LogP contribution in [-0.4, -0.2) is 48.9 Å². The lowest BCUT2D eigenvalue weighted by Gasteiger charge is -2.30. The highest BCUT2D eigenvalue weighted by Crippen LogP contribution is 2.18. The van der Waals surface area contributed by atoms with E-state index in [1.165, 1.54) is 0 Å². The van der Waals surface area contributed by atoms with Gasteiger partial charge in [0, 0.05) is 18.2 Å². The molecule has 29 heavy (non-hydrogen) atoms. The second-order valence-electron chi connectivity index (χ2n) is 7.80. The van der Waals surface area contributed by atoms with Crippen LogP contribution in [0.15, 0.2) is 18.2 Å². The van der Waals surface area contributed by atoms with E-state index < -0.39 is 6.03 Å². The summed E-state index contributed by atoms with van der Waals surface area (Å²) in [7, 11) is 0. The lowest BCUT2D eigenvalue weighted by Crippen LogP contribution is -2.46. The summed E-state index contributed by atoms with van der Waals surface area (Å²) in [6.07, 6.45) is 4.76. The van der Waals surface area contributed by atoms with Gasteiger partial charge in [-0.1, -0.05) is 31.9 Å². The number of aryl methyl sites for hydroxylation is 1. The number of likely N-dealkylation sites (tertiary alicyclic amines) is 1. The van der Waals surface area contributed by atoms with Crippen LogP contribution in [0.3, 0.4) is 0 Å². The molecular formula is C22H34N4O3. The van der Waals surface area contributed by atoms with E-state index in [0.29, 0.717) is 18.8 Å². The number of carbonyl (C=O) groups is 3. The van der Waals surface area contributed by atoms with E-state index in [0.717, 1.165) is 49.8 Å². The number of nitrogens with zero attached hydrogens (tertiary/aromatic N) is 1. The van der Waals surface area contributed by atoms with E-state index in [-0.39, 0.29) is 24.3 Å². The summed E-state index contributed by atoms with van der Waals surface area (Å²) in [6.45, 7) is 8.30. The summed E-state index contributed by atoms with van der Waals surface area (Å²) in [6, 6.07) is 5.12. The second kappa shape index (κ2) is 11.6. The first-order chi connectivity index (χ1) is 13.9. The molecule has 0 aromatic heterocycles. The zero-order valence-corrected chi connectivity index (χ0v) is 17.8. The minimum atomic E-state index is -0.523. The Balaban J connectivity index is 1.69. The van der Waals surface area contributed by atoms with E-state index in [9.17, 15) is 14.4 Å². The van der Waals surface area contributed by atoms with E-state index in [4.69, 9.17) is 0 Å². The average molecular weight is 403 g/mol. The zero-order valence-electron chi connectivity index (χ0n) is 17.8. The standard InChI is InChI=1S/C22H34N4O3/c1-4-5-6-12-23-21(28)18-10-13-26(14-11-18)15-20(27)25-22(29)24-19-9-7-8-16(2)17(19)3/h7-9,18H,4-6,10-15H2,1-3H3,(H,23,28)(H2,24,25,27,29). The molecule has 7 nitrogen and oxygen atoms in total. The van der Waals surface area contributed by atoms with Crippen molar-refractivity contribution in [2.24, 2.45) is 5.92 Å². The van der Waals surface area contributed by atoms with Gasteiger partial charge >= 0.3 is 6.03 Å². The number of urea groups is 1. The number of nitrogens with one attached hydrogen (secondary N) is 3. The Morgan fingerprint density at radius 2 is 1.83 bits per heavy atom. The molecule has 1 fully saturated rings. The molecule has 1 heterocycles. The molecule has 0 spiro atoms. The third-order valence-electron chi connectivity index (χ3n) is 5.51. The Kier molecular flexibility index (Phi) is 9.12. The number of hydrogen-bond acceptors (Lipinski definition) is 4. The van der Waals surface area contributed by atoms with Gasteiger partial charge in [0.25, 0.3) is 0 Å². The van der Waals surface area contributed by atoms with Gasteiger partial charge in [-0.25, -0.2) is 4.79 Å². The molecule has 3 N–H and O–H groups in total. The summed E-state index contributed by atoms with van der Waals surface area (Å²) < 4.78 is 0. The van der Waals surface area contributed by atoms with Crippen molar-refractivity contribution in [3.63, 3.8) is 0 Å². The lowest BCUT2D eigenvalue weighted by molar-refractivity contribution is -0.126. The molecule has 1 saturated heterocycles. The van der Waals surface area contributed by atoms with E-state index >= 15 is 0 Å². The maximum absolute atomic E-state index is 12.2. The van der Waals surface area contributed by atoms with Crippen molar-refractivity contribution >= 4 is 23.5 Å². The summed E-state index contributed by atoms with van der Waals surface area (Å²) in [5, 5.41) is 8.12. The molecule has 160 valence electrons. The van der Waals surface area contributed by atoms with Crippen molar-refractivity contribution in [3.8, 4) is 0 Å². The van der Waals surface area contributed by atoms with Crippen molar-refractivity contribution in [1.29, 1.82) is 0 Å². The van der Waals surface area contributed by atoms with Gasteiger partial charge in [0.2, 0.25) is 11.8 Å². The number of anilines is 1. The molecule has 1 aromatic rings. The molecule has 0 unspecified atom stereocenters. The van der Waals surface area contributed by atoms with Crippen LogP contribution in [0.1, 0.15) is 50.2 Å². The SMILES string of the molecule is CCCCCNC(=O)C1CCN(CC(=O)NC(=O)Nc2cccc(C)c2C)CC1. The van der Waals surface area contributed by atoms with Crippen LogP contribution in [0.5, 0.6) is 0 Å². The number of amides is 4. The fourth-order valence-corrected chi connectivity index (χ4v) is 3.49. The Morgan fingerprint density at radius 3 is 2.52 bits per heavy atom. The van der Waals surface area contributed by atoms with Gasteiger partial charge in [-0.2, -0.15) is 0 Å². The van der Waals surface area contributed by atoms with Crippen molar-refractivity contribution in [3.05, 3.63) is 29.3 Å². The molecule has 1 aliphatic heterocycles. The normalized spacial score (nSPS) is 15.0. The van der Waals surface area contributed by atoms with E-state index in [1.54, 1.807) is 0 Å². The molecular weight excluding hydrogens is 368 g/mol. The van der Waals surface area contributed by atoms with Gasteiger partial charge in [-0.3, -0.25) is 19.8 Å². The number of piperidine rings is 1. The third kappa shape index (κ3) is 7.49. The highest BCUT2D eigenvalue weighted by Gasteiger charge is 2.26. The molecule has 0 atom stereocenters. The minimum Gasteiger partial charge on any atom is -0.356 e. The number of rotatable bonds is 8. The van der Waals surface area contributed by atoms with Crippen molar-refractivity contribution in [1.82, 2.24) is 15.5 Å². The first-order valence-electron chi connectivity index (χ1n) is 10.6. The quantitative estimate of drug-likeness (QED) is 0.583. The fraction of sp³-hybridized carbons (Fsp3) is 0.591. The van der Waals surface area contributed by atoms with Crippen LogP contribution in [0.4, 0.5) is 10.5 Å². The maximum Gasteiger partial charge on any atom is 0.325 e. The Morgan fingerprint density at radius 1 is 1.10 bits per heavy atom. The molecule has 7 heteroatoms. The monoisotopic (exact) mass is 402 g/mol. The number of imide groups is 1. The topological polar surface area (TPSA) is 90.5 Å². The number of carbonyl (C=O) groups excluding carboxylic acids is 3. The predicted octanol–water partition coefficient (Wildman–Crippen LogP) is 2.97. The zero-order chi connectivity index (χ0) is 21.2. The number of unbranched alkanes of at least 4 members (excludes halogenated alkanes) is 2. The van der Waals surface area contributed by atoms with Crippen LogP contribution >= 0.6 is 0 Å². The summed E-state index contributed by atoms with van der Waals surface area (Å²) in [4.78, 5) is 38.5. The van der Waals surface area contributed by atoms with Crippen LogP contribution in [0.2, 0.25) is 0 Å². The Hall–Kier alpha value is -2.41. The molecule has 4 amide bonds. The maximum atomic E-state index is 12.2. The molecule has 0 aliphatic carbocycles. The molecule has 2 rings (SSSR count). The summed E-state index contributed by atoms with van der Waals surface area (Å²) in [5.41, 5.74) is 2.75. The number of benzene rings is 1. The average Bonchev–Trinajstić information content (AvgIpc) is 2.69. The van der Waals surface area contributed by atoms with Gasteiger partial charge in [-0.05, 0) is 63.4 Å². The highest BCUT2D eigenvalue weighted by atomic mass is 16.2. The fourth-order valence-electron chi connectivity index (χ4n) is 3.49. The first kappa shape index (κ1) is 22.9. The number of hydrogen-bond donors (Lipinski definition) is 3. The van der Waals surface area contributed by atoms with Crippen LogP contribution in [-0.2, 0) is 9.59 Å². The smallest absolute Gasteiger partial charge is 0.325 e. The lowest BCUT2D eigenvalue weighted by atomic mass is 9.96. The van der Waals surface area contributed by atoms with Gasteiger partial charge in [0.15, 0.2) is 0 Å². The summed E-state index contributed by atoms with van der Waals surface area (Å²) >= 11 is 0. The Labute approximate surface area is 173 Å². The van der Waals surface area contributed by atoms with Gasteiger partial charge in [-0.15, -0.1) is 0 Å². The predicted molar refractivity (Wildman–Crippen MR) is 115 cm³/mol. The third-order valence-corrected chi connectivity index (χ3v) is 5.51. The van der Waals surface area contributed by atoms with E-state index in [1.807, 2.05) is 36.9 Å². The van der Waals surface area contributed by atoms with Crippen LogP contribution in [0.25, 0.3) is 0 Å².